The molecule has 3 aliphatic rings. The first-order valence-electron chi connectivity index (χ1n) is 8.92. The highest BCUT2D eigenvalue weighted by Gasteiger charge is 2.42. The number of fused-ring (bicyclic) bond motifs is 1. The van der Waals surface area contributed by atoms with Gasteiger partial charge < -0.3 is 9.64 Å². The second-order valence-corrected chi connectivity index (χ2v) is 7.12. The Hall–Kier alpha value is -1.91. The van der Waals surface area contributed by atoms with Crippen LogP contribution in [0.1, 0.15) is 44.1 Å². The average molecular weight is 331 g/mol. The van der Waals surface area contributed by atoms with E-state index in [9.17, 15) is 14.0 Å². The van der Waals surface area contributed by atoms with Gasteiger partial charge >= 0.3 is 0 Å². The van der Waals surface area contributed by atoms with Crippen molar-refractivity contribution in [3.05, 3.63) is 29.6 Å². The van der Waals surface area contributed by atoms with Gasteiger partial charge in [-0.3, -0.25) is 9.59 Å². The van der Waals surface area contributed by atoms with Gasteiger partial charge in [0.05, 0.1) is 0 Å². The van der Waals surface area contributed by atoms with E-state index in [4.69, 9.17) is 4.74 Å². The molecule has 2 heterocycles. The molecule has 1 aromatic rings. The first-order chi connectivity index (χ1) is 11.6. The zero-order valence-electron chi connectivity index (χ0n) is 13.7. The van der Waals surface area contributed by atoms with Crippen molar-refractivity contribution in [1.29, 1.82) is 0 Å². The monoisotopic (exact) mass is 331 g/mol. The molecule has 1 saturated heterocycles. The summed E-state index contributed by atoms with van der Waals surface area (Å²) in [4.78, 5) is 27.1. The maximum atomic E-state index is 13.4. The molecule has 0 unspecified atom stereocenters. The quantitative estimate of drug-likeness (QED) is 0.837. The highest BCUT2D eigenvalue weighted by Crippen LogP contribution is 2.35. The largest absolute Gasteiger partial charge is 0.480 e. The highest BCUT2D eigenvalue weighted by atomic mass is 19.1. The molecule has 1 saturated carbocycles. The van der Waals surface area contributed by atoms with Crippen LogP contribution in [0.25, 0.3) is 0 Å². The SMILES string of the molecule is O=C1CCCC[C@@H]1[C@@H]1CCCN1C(=O)[C@@H]1Cc2cc(F)ccc2O1. The molecule has 1 aliphatic carbocycles. The fourth-order valence-electron chi connectivity index (χ4n) is 4.44. The number of halogens is 1. The van der Waals surface area contributed by atoms with Gasteiger partial charge in [0.2, 0.25) is 0 Å². The Balaban J connectivity index is 1.49. The number of rotatable bonds is 2. The van der Waals surface area contributed by atoms with E-state index in [1.807, 2.05) is 4.90 Å². The zero-order valence-corrected chi connectivity index (χ0v) is 13.7. The molecule has 4 rings (SSSR count). The maximum Gasteiger partial charge on any atom is 0.264 e. The molecule has 0 radical (unpaired) electrons. The van der Waals surface area contributed by atoms with E-state index in [0.29, 0.717) is 30.9 Å². The fraction of sp³-hybridized carbons (Fsp3) is 0.579. The van der Waals surface area contributed by atoms with Crippen LogP contribution in [0.15, 0.2) is 18.2 Å². The topological polar surface area (TPSA) is 46.6 Å². The van der Waals surface area contributed by atoms with E-state index in [2.05, 4.69) is 0 Å². The average Bonchev–Trinajstić information content (AvgIpc) is 3.20. The maximum absolute atomic E-state index is 13.4. The van der Waals surface area contributed by atoms with Crippen molar-refractivity contribution in [1.82, 2.24) is 4.90 Å². The van der Waals surface area contributed by atoms with Crippen LogP contribution in [0.2, 0.25) is 0 Å². The lowest BCUT2D eigenvalue weighted by Gasteiger charge is -2.34. The number of ether oxygens (including phenoxy) is 1. The van der Waals surface area contributed by atoms with Crippen LogP contribution in [0.3, 0.4) is 0 Å². The summed E-state index contributed by atoms with van der Waals surface area (Å²) in [5.41, 5.74) is 0.748. The van der Waals surface area contributed by atoms with E-state index in [-0.39, 0.29) is 23.7 Å². The van der Waals surface area contributed by atoms with Gasteiger partial charge in [-0.1, -0.05) is 6.42 Å². The van der Waals surface area contributed by atoms with Crippen LogP contribution in [0, 0.1) is 11.7 Å². The lowest BCUT2D eigenvalue weighted by Crippen LogP contribution is -2.48. The van der Waals surface area contributed by atoms with Gasteiger partial charge in [-0.15, -0.1) is 0 Å². The fourth-order valence-corrected chi connectivity index (χ4v) is 4.44. The molecule has 4 nitrogen and oxygen atoms in total. The summed E-state index contributed by atoms with van der Waals surface area (Å²) in [6, 6.07) is 4.40. The van der Waals surface area contributed by atoms with Gasteiger partial charge in [-0.05, 0) is 43.9 Å². The van der Waals surface area contributed by atoms with Crippen molar-refractivity contribution >= 4 is 11.7 Å². The molecule has 0 bridgehead atoms. The van der Waals surface area contributed by atoms with E-state index in [1.54, 1.807) is 6.07 Å². The Morgan fingerprint density at radius 2 is 2.08 bits per heavy atom. The van der Waals surface area contributed by atoms with Gasteiger partial charge in [0.25, 0.3) is 5.91 Å². The van der Waals surface area contributed by atoms with E-state index in [0.717, 1.165) is 37.7 Å². The predicted molar refractivity (Wildman–Crippen MR) is 86.2 cm³/mol. The second kappa shape index (κ2) is 6.19. The van der Waals surface area contributed by atoms with Crippen LogP contribution >= 0.6 is 0 Å². The molecular weight excluding hydrogens is 309 g/mol. The van der Waals surface area contributed by atoms with Crippen molar-refractivity contribution < 1.29 is 18.7 Å². The predicted octanol–water partition coefficient (Wildman–Crippen LogP) is 2.88. The molecule has 128 valence electrons. The van der Waals surface area contributed by atoms with Crippen LogP contribution in [0.4, 0.5) is 4.39 Å². The Kier molecular flexibility index (Phi) is 4.02. The number of ketones is 1. The normalized spacial score (nSPS) is 29.5. The molecule has 0 aromatic heterocycles. The summed E-state index contributed by atoms with van der Waals surface area (Å²) < 4.78 is 19.1. The minimum absolute atomic E-state index is 0.00794. The second-order valence-electron chi connectivity index (χ2n) is 7.12. The molecule has 5 heteroatoms. The number of Topliss-reactive ketones (excluding diaryl/α,β-unsaturated/α-hetero) is 1. The third-order valence-corrected chi connectivity index (χ3v) is 5.62. The summed E-state index contributed by atoms with van der Waals surface area (Å²) in [5.74, 6) is 0.541. The first-order valence-corrected chi connectivity index (χ1v) is 8.92. The van der Waals surface area contributed by atoms with Crippen LogP contribution in [-0.2, 0) is 16.0 Å². The number of amides is 1. The van der Waals surface area contributed by atoms with Crippen molar-refractivity contribution in [2.45, 2.75) is 57.1 Å². The minimum atomic E-state index is -0.582. The van der Waals surface area contributed by atoms with Crippen molar-refractivity contribution in [3.63, 3.8) is 0 Å². The third-order valence-electron chi connectivity index (χ3n) is 5.62. The van der Waals surface area contributed by atoms with Gasteiger partial charge in [-0.2, -0.15) is 0 Å². The van der Waals surface area contributed by atoms with Crippen molar-refractivity contribution in [3.8, 4) is 5.75 Å². The molecule has 0 spiro atoms. The van der Waals surface area contributed by atoms with Gasteiger partial charge in [0.15, 0.2) is 6.10 Å². The Morgan fingerprint density at radius 1 is 1.21 bits per heavy atom. The third kappa shape index (κ3) is 2.70. The van der Waals surface area contributed by atoms with Crippen LogP contribution in [-0.4, -0.2) is 35.3 Å². The minimum Gasteiger partial charge on any atom is -0.480 e. The summed E-state index contributed by atoms with van der Waals surface area (Å²) in [5, 5.41) is 0. The molecule has 2 aliphatic heterocycles. The number of hydrogen-bond acceptors (Lipinski definition) is 3. The lowest BCUT2D eigenvalue weighted by atomic mass is 9.81. The summed E-state index contributed by atoms with van der Waals surface area (Å²) >= 11 is 0. The van der Waals surface area contributed by atoms with Gasteiger partial charge in [-0.25, -0.2) is 4.39 Å². The van der Waals surface area contributed by atoms with Crippen molar-refractivity contribution in [2.24, 2.45) is 5.92 Å². The van der Waals surface area contributed by atoms with E-state index in [1.165, 1.54) is 12.1 Å². The Bertz CT molecular complexity index is 675. The zero-order chi connectivity index (χ0) is 16.7. The van der Waals surface area contributed by atoms with E-state index < -0.39 is 6.10 Å². The number of likely N-dealkylation sites (tertiary alicyclic amines) is 1. The highest BCUT2D eigenvalue weighted by molar-refractivity contribution is 5.86. The molecule has 0 N–H and O–H groups in total. The van der Waals surface area contributed by atoms with Gasteiger partial charge in [0.1, 0.15) is 17.3 Å². The first kappa shape index (κ1) is 15.6. The Labute approximate surface area is 141 Å². The Morgan fingerprint density at radius 3 is 2.92 bits per heavy atom. The summed E-state index contributed by atoms with van der Waals surface area (Å²) in [6.07, 6.45) is 5.25. The molecule has 1 aromatic carbocycles. The lowest BCUT2D eigenvalue weighted by molar-refractivity contribution is -0.141. The van der Waals surface area contributed by atoms with E-state index >= 15 is 0 Å². The molecule has 2 fully saturated rings. The number of carbonyl (C=O) groups excluding carboxylic acids is 2. The summed E-state index contributed by atoms with van der Waals surface area (Å²) in [6.45, 7) is 0.692. The van der Waals surface area contributed by atoms with Gasteiger partial charge in [0, 0.05) is 36.9 Å². The number of hydrogen-bond donors (Lipinski definition) is 0. The van der Waals surface area contributed by atoms with Crippen LogP contribution in [0.5, 0.6) is 5.75 Å². The smallest absolute Gasteiger partial charge is 0.264 e. The number of nitrogens with zero attached hydrogens (tertiary/aromatic N) is 1. The molecule has 24 heavy (non-hydrogen) atoms. The molecule has 1 amide bonds. The van der Waals surface area contributed by atoms with Crippen LogP contribution < -0.4 is 4.74 Å². The molecular formula is C19H22FNO3. The standard InChI is InChI=1S/C19H22FNO3/c20-13-7-8-17-12(10-13)11-18(24-17)19(23)21-9-3-5-15(21)14-4-1-2-6-16(14)22/h7-8,10,14-15,18H,1-6,9,11H2/t14-,15+,18+/m1/s1. The molecule has 3 atom stereocenters. The summed E-state index contributed by atoms with van der Waals surface area (Å²) in [7, 11) is 0. The number of carbonyl (C=O) groups is 2. The van der Waals surface area contributed by atoms with Crippen molar-refractivity contribution in [2.75, 3.05) is 6.54 Å². The number of benzene rings is 1.